The first-order chi connectivity index (χ1) is 12.6. The van der Waals surface area contributed by atoms with E-state index >= 15 is 0 Å². The van der Waals surface area contributed by atoms with Gasteiger partial charge in [0.15, 0.2) is 5.76 Å². The number of aromatic nitrogens is 1. The predicted molar refractivity (Wildman–Crippen MR) is 96.7 cm³/mol. The lowest BCUT2D eigenvalue weighted by molar-refractivity contribution is -0.114. The van der Waals surface area contributed by atoms with E-state index in [1.165, 1.54) is 19.5 Å². The smallest absolute Gasteiger partial charge is 0.307 e. The average molecular weight is 354 g/mol. The van der Waals surface area contributed by atoms with Crippen molar-refractivity contribution in [2.45, 2.75) is 25.8 Å². The summed E-state index contributed by atoms with van der Waals surface area (Å²) in [6.45, 7) is 4.61. The number of rotatable bonds is 4. The standard InChI is InChI=1S/C19H22N4O3/c1-12(24)21-16-5-3-2-4-15(16)17-9-20-19(26-17)18(25)22-14-8-13-6-7-23(10-13)11-14/h2-5,9,13-14H,6-8,10-11H2,1H3,(H,21,24)(H,22,25)/t13-,14+/m1/s1. The summed E-state index contributed by atoms with van der Waals surface area (Å²) in [4.78, 5) is 30.4. The summed E-state index contributed by atoms with van der Waals surface area (Å²) in [6, 6.07) is 7.41. The lowest BCUT2D eigenvalue weighted by atomic mass is 9.97. The number of carbonyl (C=O) groups excluding carboxylic acids is 2. The molecule has 7 heteroatoms. The van der Waals surface area contributed by atoms with Gasteiger partial charge in [-0.15, -0.1) is 0 Å². The maximum absolute atomic E-state index is 12.5. The molecule has 1 aromatic carbocycles. The third kappa shape index (κ3) is 3.48. The summed E-state index contributed by atoms with van der Waals surface area (Å²) in [5.74, 6) is 0.717. The van der Waals surface area contributed by atoms with Crippen LogP contribution < -0.4 is 10.6 Å². The van der Waals surface area contributed by atoms with Crippen molar-refractivity contribution in [1.29, 1.82) is 0 Å². The van der Waals surface area contributed by atoms with Crippen molar-refractivity contribution in [2.75, 3.05) is 25.0 Å². The minimum Gasteiger partial charge on any atom is -0.432 e. The molecule has 1 aromatic heterocycles. The molecule has 7 nitrogen and oxygen atoms in total. The summed E-state index contributed by atoms with van der Waals surface area (Å²) in [7, 11) is 0. The van der Waals surface area contributed by atoms with Crippen molar-refractivity contribution in [3.8, 4) is 11.3 Å². The van der Waals surface area contributed by atoms with E-state index < -0.39 is 0 Å². The van der Waals surface area contributed by atoms with Crippen LogP contribution in [-0.2, 0) is 4.79 Å². The Kier molecular flexibility index (Phi) is 4.46. The summed E-state index contributed by atoms with van der Waals surface area (Å²) in [5.41, 5.74) is 1.32. The Morgan fingerprint density at radius 1 is 1.27 bits per heavy atom. The minimum atomic E-state index is -0.291. The number of oxazole rings is 1. The Morgan fingerprint density at radius 3 is 2.92 bits per heavy atom. The molecule has 1 unspecified atom stereocenters. The second-order valence-corrected chi connectivity index (χ2v) is 7.08. The molecular formula is C19H22N4O3. The number of hydrogen-bond acceptors (Lipinski definition) is 5. The Balaban J connectivity index is 1.48. The van der Waals surface area contributed by atoms with Crippen molar-refractivity contribution in [3.05, 3.63) is 36.4 Å². The number of nitrogens with zero attached hydrogens (tertiary/aromatic N) is 2. The maximum Gasteiger partial charge on any atom is 0.307 e. The lowest BCUT2D eigenvalue weighted by Crippen LogP contribution is -2.47. The van der Waals surface area contributed by atoms with E-state index in [1.54, 1.807) is 6.07 Å². The van der Waals surface area contributed by atoms with E-state index in [0.717, 1.165) is 26.1 Å². The molecule has 2 aliphatic rings. The van der Waals surface area contributed by atoms with Gasteiger partial charge in [0.05, 0.1) is 11.9 Å². The molecule has 2 saturated heterocycles. The van der Waals surface area contributed by atoms with Crippen LogP contribution in [0, 0.1) is 5.92 Å². The minimum absolute atomic E-state index is 0.0468. The fraction of sp³-hybridized carbons (Fsp3) is 0.421. The van der Waals surface area contributed by atoms with Crippen LogP contribution in [0.4, 0.5) is 5.69 Å². The molecule has 3 heterocycles. The number of amides is 2. The fourth-order valence-corrected chi connectivity index (χ4v) is 3.91. The normalized spacial score (nSPS) is 24.3. The van der Waals surface area contributed by atoms with Gasteiger partial charge in [-0.2, -0.15) is 0 Å². The Labute approximate surface area is 151 Å². The highest BCUT2D eigenvalue weighted by molar-refractivity contribution is 5.94. The number of nitrogens with one attached hydrogen (secondary N) is 2. The molecule has 0 aliphatic carbocycles. The van der Waals surface area contributed by atoms with Gasteiger partial charge in [0, 0.05) is 31.6 Å². The van der Waals surface area contributed by atoms with E-state index in [9.17, 15) is 9.59 Å². The number of benzene rings is 1. The number of fused-ring (bicyclic) bond motifs is 2. The monoisotopic (exact) mass is 354 g/mol. The topological polar surface area (TPSA) is 87.5 Å². The molecule has 2 fully saturated rings. The van der Waals surface area contributed by atoms with Gasteiger partial charge in [-0.3, -0.25) is 9.59 Å². The molecule has 2 N–H and O–H groups in total. The predicted octanol–water partition coefficient (Wildman–Crippen LogP) is 2.12. The summed E-state index contributed by atoms with van der Waals surface area (Å²) in [6.07, 6.45) is 3.75. The average Bonchev–Trinajstić information content (AvgIpc) is 3.22. The van der Waals surface area contributed by atoms with E-state index in [4.69, 9.17) is 4.42 Å². The second-order valence-electron chi connectivity index (χ2n) is 7.08. The van der Waals surface area contributed by atoms with Crippen LogP contribution in [0.3, 0.4) is 0 Å². The first-order valence-corrected chi connectivity index (χ1v) is 8.94. The molecule has 4 rings (SSSR count). The van der Waals surface area contributed by atoms with Gasteiger partial charge in [-0.1, -0.05) is 12.1 Å². The maximum atomic E-state index is 12.5. The first kappa shape index (κ1) is 16.8. The quantitative estimate of drug-likeness (QED) is 0.878. The third-order valence-electron chi connectivity index (χ3n) is 5.00. The molecule has 2 bridgehead atoms. The number of para-hydroxylation sites is 1. The Morgan fingerprint density at radius 2 is 2.12 bits per heavy atom. The SMILES string of the molecule is CC(=O)Nc1ccccc1-c1cnc(C(=O)N[C@H]2C[C@H]3CCN(C3)C2)o1. The first-order valence-electron chi connectivity index (χ1n) is 8.94. The van der Waals surface area contributed by atoms with Gasteiger partial charge in [-0.05, 0) is 37.4 Å². The molecule has 136 valence electrons. The molecular weight excluding hydrogens is 332 g/mol. The highest BCUT2D eigenvalue weighted by Crippen LogP contribution is 2.29. The molecule has 0 radical (unpaired) electrons. The van der Waals surface area contributed by atoms with Gasteiger partial charge in [0.25, 0.3) is 5.89 Å². The van der Waals surface area contributed by atoms with Gasteiger partial charge in [0.2, 0.25) is 5.91 Å². The van der Waals surface area contributed by atoms with E-state index in [-0.39, 0.29) is 23.7 Å². The van der Waals surface area contributed by atoms with Crippen molar-refractivity contribution < 1.29 is 14.0 Å². The van der Waals surface area contributed by atoms with Crippen LogP contribution in [0.2, 0.25) is 0 Å². The molecule has 0 spiro atoms. The van der Waals surface area contributed by atoms with Crippen molar-refractivity contribution in [2.24, 2.45) is 5.92 Å². The molecule has 2 amide bonds. The number of hydrogen-bond donors (Lipinski definition) is 2. The Bertz CT molecular complexity index is 820. The van der Waals surface area contributed by atoms with Crippen LogP contribution in [0.25, 0.3) is 11.3 Å². The van der Waals surface area contributed by atoms with Gasteiger partial charge < -0.3 is 20.0 Å². The molecule has 0 saturated carbocycles. The largest absolute Gasteiger partial charge is 0.432 e. The Hall–Kier alpha value is -2.67. The number of piperidine rings is 1. The van der Waals surface area contributed by atoms with Gasteiger partial charge in [-0.25, -0.2) is 4.98 Å². The number of carbonyl (C=O) groups is 2. The van der Waals surface area contributed by atoms with Crippen LogP contribution in [0.5, 0.6) is 0 Å². The van der Waals surface area contributed by atoms with E-state index in [0.29, 0.717) is 22.9 Å². The molecule has 2 aromatic rings. The fourth-order valence-electron chi connectivity index (χ4n) is 3.91. The molecule has 2 aliphatic heterocycles. The zero-order valence-electron chi connectivity index (χ0n) is 14.7. The third-order valence-corrected chi connectivity index (χ3v) is 5.00. The van der Waals surface area contributed by atoms with E-state index in [2.05, 4.69) is 20.5 Å². The highest BCUT2D eigenvalue weighted by atomic mass is 16.4. The zero-order chi connectivity index (χ0) is 18.1. The lowest BCUT2D eigenvalue weighted by Gasteiger charge is -2.30. The van der Waals surface area contributed by atoms with Crippen LogP contribution in [0.15, 0.2) is 34.9 Å². The van der Waals surface area contributed by atoms with Crippen LogP contribution >= 0.6 is 0 Å². The van der Waals surface area contributed by atoms with Crippen molar-refractivity contribution in [3.63, 3.8) is 0 Å². The van der Waals surface area contributed by atoms with Gasteiger partial charge in [0.1, 0.15) is 0 Å². The van der Waals surface area contributed by atoms with Crippen molar-refractivity contribution in [1.82, 2.24) is 15.2 Å². The van der Waals surface area contributed by atoms with Crippen molar-refractivity contribution >= 4 is 17.5 Å². The second kappa shape index (κ2) is 6.92. The molecule has 26 heavy (non-hydrogen) atoms. The van der Waals surface area contributed by atoms with Gasteiger partial charge >= 0.3 is 5.91 Å². The highest BCUT2D eigenvalue weighted by Gasteiger charge is 2.33. The summed E-state index contributed by atoms with van der Waals surface area (Å²) in [5, 5.41) is 5.80. The van der Waals surface area contributed by atoms with Crippen LogP contribution in [-0.4, -0.2) is 47.4 Å². The summed E-state index contributed by atoms with van der Waals surface area (Å²) < 4.78 is 5.68. The zero-order valence-corrected chi connectivity index (χ0v) is 14.7. The van der Waals surface area contributed by atoms with E-state index in [1.807, 2.05) is 18.2 Å². The summed E-state index contributed by atoms with van der Waals surface area (Å²) >= 11 is 0. The van der Waals surface area contributed by atoms with Crippen LogP contribution in [0.1, 0.15) is 30.5 Å². The number of anilines is 1. The molecule has 3 atom stereocenters.